The lowest BCUT2D eigenvalue weighted by molar-refractivity contribution is -0.139. The summed E-state index contributed by atoms with van der Waals surface area (Å²) in [5, 5.41) is 9.02. The third-order valence-corrected chi connectivity index (χ3v) is 4.31. The largest absolute Gasteiger partial charge is 0.483 e. The average Bonchev–Trinajstić information content (AvgIpc) is 2.81. The van der Waals surface area contributed by atoms with E-state index in [1.54, 1.807) is 31.4 Å². The van der Waals surface area contributed by atoms with E-state index in [0.29, 0.717) is 36.6 Å². The Morgan fingerprint density at radius 1 is 1.03 bits per heavy atom. The summed E-state index contributed by atoms with van der Waals surface area (Å²) in [7, 11) is 1.56. The van der Waals surface area contributed by atoms with Gasteiger partial charge in [-0.1, -0.05) is 31.2 Å². The van der Waals surface area contributed by atoms with Crippen molar-refractivity contribution < 1.29 is 23.9 Å². The van der Waals surface area contributed by atoms with E-state index in [4.69, 9.17) is 9.47 Å². The minimum Gasteiger partial charge on any atom is -0.483 e. The van der Waals surface area contributed by atoms with Gasteiger partial charge in [-0.05, 0) is 42.7 Å². The Balaban J connectivity index is 1.84. The second kappa shape index (κ2) is 13.6. The van der Waals surface area contributed by atoms with Crippen LogP contribution < -0.4 is 20.8 Å². The Morgan fingerprint density at radius 3 is 2.50 bits per heavy atom. The van der Waals surface area contributed by atoms with Gasteiger partial charge in [-0.15, -0.1) is 0 Å². The molecule has 0 fully saturated rings. The molecular formula is C23H28N4O5. The highest BCUT2D eigenvalue weighted by Crippen LogP contribution is 2.16. The highest BCUT2D eigenvalue weighted by Gasteiger charge is 2.11. The number of aryl methyl sites for hydroxylation is 1. The molecule has 0 saturated carbocycles. The van der Waals surface area contributed by atoms with E-state index >= 15 is 0 Å². The van der Waals surface area contributed by atoms with Crippen molar-refractivity contribution in [1.82, 2.24) is 10.7 Å². The summed E-state index contributed by atoms with van der Waals surface area (Å²) in [5.74, 6) is -1.57. The van der Waals surface area contributed by atoms with Gasteiger partial charge in [0.25, 0.3) is 5.91 Å². The zero-order chi connectivity index (χ0) is 23.2. The molecule has 0 heterocycles. The Morgan fingerprint density at radius 2 is 1.78 bits per heavy atom. The molecular weight excluding hydrogens is 412 g/mol. The lowest BCUT2D eigenvalue weighted by atomic mass is 10.1. The molecule has 0 aliphatic carbocycles. The van der Waals surface area contributed by atoms with Gasteiger partial charge in [0.05, 0.1) is 6.21 Å². The highest BCUT2D eigenvalue weighted by atomic mass is 16.5. The van der Waals surface area contributed by atoms with Gasteiger partial charge in [0.1, 0.15) is 5.75 Å². The number of hydrogen-bond donors (Lipinski definition) is 3. The SMILES string of the molecule is CCc1ccc(NC(=O)COc2ccccc2/C=N\NC(=O)C(=O)NCCCOC)cc1. The number of methoxy groups -OCH3 is 1. The third-order valence-electron chi connectivity index (χ3n) is 4.31. The Bertz CT molecular complexity index is 928. The zero-order valence-corrected chi connectivity index (χ0v) is 18.2. The number of anilines is 1. The first-order valence-electron chi connectivity index (χ1n) is 10.2. The van der Waals surface area contributed by atoms with Gasteiger partial charge in [-0.2, -0.15) is 5.10 Å². The standard InChI is InChI=1S/C23H28N4O5/c1-3-17-9-11-19(12-10-17)26-21(28)16-32-20-8-5-4-7-18(20)15-25-27-23(30)22(29)24-13-6-14-31-2/h4-5,7-12,15H,3,6,13-14,16H2,1-2H3,(H,24,29)(H,26,28)(H,27,30)/b25-15-. The molecule has 170 valence electrons. The van der Waals surface area contributed by atoms with Crippen LogP contribution in [-0.2, 0) is 25.5 Å². The van der Waals surface area contributed by atoms with E-state index in [1.165, 1.54) is 11.8 Å². The average molecular weight is 441 g/mol. The molecule has 0 spiro atoms. The first kappa shape index (κ1) is 24.5. The second-order valence-electron chi connectivity index (χ2n) is 6.73. The fraction of sp³-hybridized carbons (Fsp3) is 0.304. The van der Waals surface area contributed by atoms with Crippen molar-refractivity contribution in [3.8, 4) is 5.75 Å². The third kappa shape index (κ3) is 8.57. The van der Waals surface area contributed by atoms with Crippen molar-refractivity contribution in [3.63, 3.8) is 0 Å². The monoisotopic (exact) mass is 440 g/mol. The smallest absolute Gasteiger partial charge is 0.329 e. The van der Waals surface area contributed by atoms with Crippen molar-refractivity contribution >= 4 is 29.6 Å². The van der Waals surface area contributed by atoms with Gasteiger partial charge in [-0.25, -0.2) is 5.43 Å². The van der Waals surface area contributed by atoms with Crippen LogP contribution in [0.25, 0.3) is 0 Å². The van der Waals surface area contributed by atoms with Crippen LogP contribution in [0.5, 0.6) is 5.75 Å². The van der Waals surface area contributed by atoms with Crippen molar-refractivity contribution in [3.05, 3.63) is 59.7 Å². The molecule has 0 saturated heterocycles. The van der Waals surface area contributed by atoms with Gasteiger partial charge in [0.15, 0.2) is 6.61 Å². The molecule has 0 aliphatic heterocycles. The summed E-state index contributed by atoms with van der Waals surface area (Å²) in [6, 6.07) is 14.5. The maximum atomic E-state index is 12.2. The summed E-state index contributed by atoms with van der Waals surface area (Å²) in [6.45, 7) is 2.68. The van der Waals surface area contributed by atoms with Crippen LogP contribution in [0.3, 0.4) is 0 Å². The number of nitrogens with zero attached hydrogens (tertiary/aromatic N) is 1. The van der Waals surface area contributed by atoms with Gasteiger partial charge in [0.2, 0.25) is 0 Å². The van der Waals surface area contributed by atoms with E-state index in [-0.39, 0.29) is 12.5 Å². The molecule has 0 bridgehead atoms. The van der Waals surface area contributed by atoms with Crippen LogP contribution in [0, 0.1) is 0 Å². The number of benzene rings is 2. The minimum absolute atomic E-state index is 0.198. The van der Waals surface area contributed by atoms with Crippen molar-refractivity contribution in [1.29, 1.82) is 0 Å². The number of para-hydroxylation sites is 1. The number of ether oxygens (including phenoxy) is 2. The number of carbonyl (C=O) groups is 3. The number of hydrazone groups is 1. The molecule has 0 unspecified atom stereocenters. The minimum atomic E-state index is -0.884. The molecule has 9 heteroatoms. The maximum Gasteiger partial charge on any atom is 0.329 e. The quantitative estimate of drug-likeness (QED) is 0.213. The summed E-state index contributed by atoms with van der Waals surface area (Å²) in [5.41, 5.74) is 4.57. The van der Waals surface area contributed by atoms with E-state index in [2.05, 4.69) is 28.1 Å². The van der Waals surface area contributed by atoms with Crippen molar-refractivity contribution in [2.24, 2.45) is 5.10 Å². The zero-order valence-electron chi connectivity index (χ0n) is 18.2. The van der Waals surface area contributed by atoms with E-state index in [0.717, 1.165) is 6.42 Å². The topological polar surface area (TPSA) is 118 Å². The van der Waals surface area contributed by atoms with Crippen molar-refractivity contribution in [2.45, 2.75) is 19.8 Å². The van der Waals surface area contributed by atoms with Crippen LogP contribution in [-0.4, -0.2) is 50.8 Å². The molecule has 2 aromatic rings. The first-order valence-corrected chi connectivity index (χ1v) is 10.2. The predicted octanol–water partition coefficient (Wildman–Crippen LogP) is 1.87. The molecule has 3 amide bonds. The van der Waals surface area contributed by atoms with Crippen LogP contribution in [0.4, 0.5) is 5.69 Å². The fourth-order valence-corrected chi connectivity index (χ4v) is 2.59. The molecule has 32 heavy (non-hydrogen) atoms. The number of amides is 3. The molecule has 9 nitrogen and oxygen atoms in total. The van der Waals surface area contributed by atoms with E-state index in [9.17, 15) is 14.4 Å². The van der Waals surface area contributed by atoms with Gasteiger partial charge < -0.3 is 20.1 Å². The lowest BCUT2D eigenvalue weighted by Gasteiger charge is -2.10. The Hall–Kier alpha value is -3.72. The van der Waals surface area contributed by atoms with Gasteiger partial charge >= 0.3 is 11.8 Å². The van der Waals surface area contributed by atoms with E-state index in [1.807, 2.05) is 24.3 Å². The lowest BCUT2D eigenvalue weighted by Crippen LogP contribution is -2.38. The van der Waals surface area contributed by atoms with Crippen LogP contribution >= 0.6 is 0 Å². The highest BCUT2D eigenvalue weighted by molar-refractivity contribution is 6.35. The summed E-state index contributed by atoms with van der Waals surface area (Å²) in [6.07, 6.45) is 2.86. The summed E-state index contributed by atoms with van der Waals surface area (Å²) in [4.78, 5) is 35.6. The molecule has 0 aliphatic rings. The first-order chi connectivity index (χ1) is 15.5. The Labute approximate surface area is 187 Å². The number of nitrogens with one attached hydrogen (secondary N) is 3. The van der Waals surface area contributed by atoms with Crippen LogP contribution in [0.1, 0.15) is 24.5 Å². The predicted molar refractivity (Wildman–Crippen MR) is 122 cm³/mol. The van der Waals surface area contributed by atoms with Crippen LogP contribution in [0.15, 0.2) is 53.6 Å². The molecule has 0 atom stereocenters. The Kier molecular flexibility index (Phi) is 10.4. The van der Waals surface area contributed by atoms with Gasteiger partial charge in [-0.3, -0.25) is 14.4 Å². The second-order valence-corrected chi connectivity index (χ2v) is 6.73. The molecule has 2 aromatic carbocycles. The van der Waals surface area contributed by atoms with Crippen LogP contribution in [0.2, 0.25) is 0 Å². The maximum absolute atomic E-state index is 12.2. The summed E-state index contributed by atoms with van der Waals surface area (Å²) < 4.78 is 10.5. The van der Waals surface area contributed by atoms with E-state index < -0.39 is 11.8 Å². The summed E-state index contributed by atoms with van der Waals surface area (Å²) >= 11 is 0. The number of carbonyl (C=O) groups excluding carboxylic acids is 3. The molecule has 0 radical (unpaired) electrons. The fourth-order valence-electron chi connectivity index (χ4n) is 2.59. The normalized spacial score (nSPS) is 10.6. The number of hydrogen-bond acceptors (Lipinski definition) is 6. The van der Waals surface area contributed by atoms with Crippen molar-refractivity contribution in [2.75, 3.05) is 32.2 Å². The number of rotatable bonds is 11. The van der Waals surface area contributed by atoms with Gasteiger partial charge in [0, 0.05) is 31.5 Å². The molecule has 0 aromatic heterocycles. The molecule has 3 N–H and O–H groups in total. The molecule has 2 rings (SSSR count).